The van der Waals surface area contributed by atoms with Crippen molar-refractivity contribution in [2.45, 2.75) is 13.3 Å². The summed E-state index contributed by atoms with van der Waals surface area (Å²) in [5.74, 6) is 0.826. The molecule has 0 aromatic carbocycles. The van der Waals surface area contributed by atoms with Gasteiger partial charge in [0, 0.05) is 27.2 Å². The molecule has 2 N–H and O–H groups in total. The number of ether oxygens (including phenoxy) is 2. The van der Waals surface area contributed by atoms with Crippen LogP contribution in [-0.4, -0.2) is 53.0 Å². The van der Waals surface area contributed by atoms with Gasteiger partial charge in [0.2, 0.25) is 0 Å². The van der Waals surface area contributed by atoms with Gasteiger partial charge in [-0.05, 0) is 6.42 Å². The zero-order valence-electron chi connectivity index (χ0n) is 10.0. The molecule has 0 aliphatic rings. The normalized spacial score (nSPS) is 11.5. The van der Waals surface area contributed by atoms with Crippen molar-refractivity contribution in [3.05, 3.63) is 0 Å². The molecule has 0 heterocycles. The number of aliphatic imine (C=N–C) groups is 1. The Balaban J connectivity index is 3.31. The van der Waals surface area contributed by atoms with Crippen molar-refractivity contribution < 1.29 is 9.47 Å². The maximum Gasteiger partial charge on any atom is 0.191 e. The fourth-order valence-electron chi connectivity index (χ4n) is 0.950. The van der Waals surface area contributed by atoms with Crippen LogP contribution >= 0.6 is 0 Å². The van der Waals surface area contributed by atoms with Crippen LogP contribution in [0.25, 0.3) is 0 Å². The lowest BCUT2D eigenvalue weighted by Gasteiger charge is -2.10. The number of hydrogen-bond acceptors (Lipinski definition) is 3. The van der Waals surface area contributed by atoms with Gasteiger partial charge < -0.3 is 20.1 Å². The molecule has 0 spiro atoms. The Kier molecular flexibility index (Phi) is 10.7. The monoisotopic (exact) mass is 217 g/mol. The van der Waals surface area contributed by atoms with E-state index in [1.807, 2.05) is 0 Å². The second kappa shape index (κ2) is 11.3. The van der Waals surface area contributed by atoms with Crippen molar-refractivity contribution in [3.8, 4) is 0 Å². The average Bonchev–Trinajstić information content (AvgIpc) is 2.27. The highest BCUT2D eigenvalue weighted by Crippen LogP contribution is 1.76. The number of rotatable bonds is 8. The highest BCUT2D eigenvalue weighted by Gasteiger charge is 1.94. The minimum Gasteiger partial charge on any atom is -0.382 e. The SMILES string of the molecule is CCCNC(=NC)NCCOCCOC. The molecule has 0 aliphatic carbocycles. The Bertz CT molecular complexity index is 163. The molecule has 0 radical (unpaired) electrons. The Hall–Kier alpha value is -0.810. The molecule has 0 aromatic heterocycles. The van der Waals surface area contributed by atoms with E-state index >= 15 is 0 Å². The molecular weight excluding hydrogens is 194 g/mol. The van der Waals surface area contributed by atoms with E-state index in [1.54, 1.807) is 14.2 Å². The summed E-state index contributed by atoms with van der Waals surface area (Å²) in [6, 6.07) is 0. The van der Waals surface area contributed by atoms with Gasteiger partial charge in [-0.3, -0.25) is 4.99 Å². The summed E-state index contributed by atoms with van der Waals surface area (Å²) < 4.78 is 10.2. The Morgan fingerprint density at radius 3 is 2.47 bits per heavy atom. The van der Waals surface area contributed by atoms with E-state index in [1.165, 1.54) is 0 Å². The largest absolute Gasteiger partial charge is 0.382 e. The Morgan fingerprint density at radius 1 is 1.13 bits per heavy atom. The smallest absolute Gasteiger partial charge is 0.191 e. The van der Waals surface area contributed by atoms with Gasteiger partial charge in [0.1, 0.15) is 0 Å². The van der Waals surface area contributed by atoms with Crippen molar-refractivity contribution in [3.63, 3.8) is 0 Å². The predicted molar refractivity (Wildman–Crippen MR) is 62.4 cm³/mol. The van der Waals surface area contributed by atoms with Gasteiger partial charge in [-0.25, -0.2) is 0 Å². The third-order valence-electron chi connectivity index (χ3n) is 1.74. The van der Waals surface area contributed by atoms with Crippen molar-refractivity contribution in [1.29, 1.82) is 0 Å². The van der Waals surface area contributed by atoms with Gasteiger partial charge in [-0.1, -0.05) is 6.92 Å². The van der Waals surface area contributed by atoms with Gasteiger partial charge >= 0.3 is 0 Å². The van der Waals surface area contributed by atoms with E-state index in [9.17, 15) is 0 Å². The number of hydrogen-bond donors (Lipinski definition) is 2. The van der Waals surface area contributed by atoms with E-state index in [0.717, 1.165) is 25.5 Å². The van der Waals surface area contributed by atoms with Crippen LogP contribution in [0.3, 0.4) is 0 Å². The third kappa shape index (κ3) is 9.49. The van der Waals surface area contributed by atoms with Gasteiger partial charge in [0.25, 0.3) is 0 Å². The number of nitrogens with one attached hydrogen (secondary N) is 2. The molecule has 0 atom stereocenters. The minimum absolute atomic E-state index is 0.638. The summed E-state index contributed by atoms with van der Waals surface area (Å²) in [6.45, 7) is 5.75. The molecule has 5 nitrogen and oxygen atoms in total. The van der Waals surface area contributed by atoms with Gasteiger partial charge in [0.15, 0.2) is 5.96 Å². The summed E-state index contributed by atoms with van der Waals surface area (Å²) in [6.07, 6.45) is 1.09. The fraction of sp³-hybridized carbons (Fsp3) is 0.900. The molecule has 0 saturated heterocycles. The topological polar surface area (TPSA) is 54.9 Å². The molecule has 0 aromatic rings. The van der Waals surface area contributed by atoms with Gasteiger partial charge in [-0.15, -0.1) is 0 Å². The summed E-state index contributed by atoms with van der Waals surface area (Å²) in [5, 5.41) is 6.33. The number of guanidine groups is 1. The van der Waals surface area contributed by atoms with Crippen LogP contribution in [0.4, 0.5) is 0 Å². The molecule has 5 heteroatoms. The van der Waals surface area contributed by atoms with E-state index in [4.69, 9.17) is 9.47 Å². The van der Waals surface area contributed by atoms with Crippen LogP contribution in [0.2, 0.25) is 0 Å². The highest BCUT2D eigenvalue weighted by atomic mass is 16.5. The summed E-state index contributed by atoms with van der Waals surface area (Å²) in [5.41, 5.74) is 0. The molecule has 15 heavy (non-hydrogen) atoms. The molecule has 0 saturated carbocycles. The van der Waals surface area contributed by atoms with E-state index in [2.05, 4.69) is 22.5 Å². The first-order valence-corrected chi connectivity index (χ1v) is 5.36. The zero-order chi connectivity index (χ0) is 11.4. The molecule has 0 fully saturated rings. The quantitative estimate of drug-likeness (QED) is 0.347. The molecule has 90 valence electrons. The maximum absolute atomic E-state index is 5.30. The van der Waals surface area contributed by atoms with E-state index < -0.39 is 0 Å². The minimum atomic E-state index is 0.638. The fourth-order valence-corrected chi connectivity index (χ4v) is 0.950. The Morgan fingerprint density at radius 2 is 1.87 bits per heavy atom. The lowest BCUT2D eigenvalue weighted by molar-refractivity contribution is 0.0733. The van der Waals surface area contributed by atoms with Crippen LogP contribution in [-0.2, 0) is 9.47 Å². The standard InChI is InChI=1S/C10H23N3O2/c1-4-5-12-10(11-2)13-6-7-15-9-8-14-3/h4-9H2,1-3H3,(H2,11,12,13). The average molecular weight is 217 g/mol. The number of nitrogens with zero attached hydrogens (tertiary/aromatic N) is 1. The molecule has 0 rings (SSSR count). The lowest BCUT2D eigenvalue weighted by atomic mass is 10.5. The second-order valence-electron chi connectivity index (χ2n) is 3.03. The van der Waals surface area contributed by atoms with Crippen molar-refractivity contribution in [2.75, 3.05) is 47.1 Å². The molecule has 0 unspecified atom stereocenters. The van der Waals surface area contributed by atoms with Crippen LogP contribution < -0.4 is 10.6 Å². The van der Waals surface area contributed by atoms with E-state index in [-0.39, 0.29) is 0 Å². The van der Waals surface area contributed by atoms with Crippen molar-refractivity contribution >= 4 is 5.96 Å². The van der Waals surface area contributed by atoms with Crippen molar-refractivity contribution in [2.24, 2.45) is 4.99 Å². The first kappa shape index (κ1) is 14.2. The van der Waals surface area contributed by atoms with E-state index in [0.29, 0.717) is 19.8 Å². The predicted octanol–water partition coefficient (Wildman–Crippen LogP) is 0.224. The number of methoxy groups -OCH3 is 1. The van der Waals surface area contributed by atoms with Crippen LogP contribution in [0.5, 0.6) is 0 Å². The summed E-state index contributed by atoms with van der Waals surface area (Å²) >= 11 is 0. The molecule has 0 aliphatic heterocycles. The molecule has 0 bridgehead atoms. The van der Waals surface area contributed by atoms with Gasteiger partial charge in [-0.2, -0.15) is 0 Å². The second-order valence-corrected chi connectivity index (χ2v) is 3.03. The Labute approximate surface area is 92.2 Å². The first-order chi connectivity index (χ1) is 7.35. The summed E-state index contributed by atoms with van der Waals surface area (Å²) in [4.78, 5) is 4.07. The van der Waals surface area contributed by atoms with Gasteiger partial charge in [0.05, 0.1) is 19.8 Å². The van der Waals surface area contributed by atoms with Crippen LogP contribution in [0, 0.1) is 0 Å². The summed E-state index contributed by atoms with van der Waals surface area (Å²) in [7, 11) is 3.43. The lowest BCUT2D eigenvalue weighted by Crippen LogP contribution is -2.39. The molecule has 0 amide bonds. The molecular formula is C10H23N3O2. The zero-order valence-corrected chi connectivity index (χ0v) is 10.0. The van der Waals surface area contributed by atoms with Crippen molar-refractivity contribution in [1.82, 2.24) is 10.6 Å². The first-order valence-electron chi connectivity index (χ1n) is 5.36. The maximum atomic E-state index is 5.30. The van der Waals surface area contributed by atoms with Crippen LogP contribution in [0.15, 0.2) is 4.99 Å². The highest BCUT2D eigenvalue weighted by molar-refractivity contribution is 5.79. The third-order valence-corrected chi connectivity index (χ3v) is 1.74. The van der Waals surface area contributed by atoms with Crippen LogP contribution in [0.1, 0.15) is 13.3 Å².